The topological polar surface area (TPSA) is 126 Å². The lowest BCUT2D eigenvalue weighted by molar-refractivity contribution is -0.119. The van der Waals surface area contributed by atoms with Gasteiger partial charge in [0.05, 0.1) is 12.1 Å². The Morgan fingerprint density at radius 1 is 1.22 bits per heavy atom. The Balaban J connectivity index is 1.93. The highest BCUT2D eigenvalue weighted by Gasteiger charge is 2.23. The van der Waals surface area contributed by atoms with Crippen LogP contribution in [0.3, 0.4) is 0 Å². The second-order valence-electron chi connectivity index (χ2n) is 8.70. The van der Waals surface area contributed by atoms with Crippen LogP contribution >= 0.6 is 23.1 Å². The fraction of sp³-hybridized carbons (Fsp3) is 0.455. The lowest BCUT2D eigenvalue weighted by atomic mass is 10.0. The number of amides is 1. The van der Waals surface area contributed by atoms with Crippen LogP contribution in [-0.2, 0) is 10.5 Å². The van der Waals surface area contributed by atoms with Crippen LogP contribution in [0.4, 0.5) is 10.9 Å². The summed E-state index contributed by atoms with van der Waals surface area (Å²) in [4.78, 5) is 25.8. The standard InChI is InChI=1S/C22H30N6O2S2/c1-13(2)10-15(17(23)30)24-21-26-18-16(32-21)19(28-22(3,4)12-29)27-20(25-18)31-11-14-8-6-5-7-9-14/h5-9,13,15,29H,10-12H2,1-4H3,(H2,23,30)(H2,24,25,26,27,28)/t15-/m0/s1. The number of thiazole rings is 1. The molecule has 0 fully saturated rings. The van der Waals surface area contributed by atoms with Crippen molar-refractivity contribution in [3.05, 3.63) is 35.9 Å². The molecule has 1 aromatic carbocycles. The fourth-order valence-corrected chi connectivity index (χ4v) is 4.66. The van der Waals surface area contributed by atoms with Gasteiger partial charge in [0, 0.05) is 5.75 Å². The Hall–Kier alpha value is -2.43. The summed E-state index contributed by atoms with van der Waals surface area (Å²) >= 11 is 2.88. The van der Waals surface area contributed by atoms with Gasteiger partial charge in [-0.2, -0.15) is 4.98 Å². The average Bonchev–Trinajstić information content (AvgIpc) is 3.15. The van der Waals surface area contributed by atoms with Crippen LogP contribution in [0.5, 0.6) is 0 Å². The highest BCUT2D eigenvalue weighted by molar-refractivity contribution is 7.98. The normalized spacial score (nSPS) is 12.8. The largest absolute Gasteiger partial charge is 0.394 e. The summed E-state index contributed by atoms with van der Waals surface area (Å²) in [7, 11) is 0. The summed E-state index contributed by atoms with van der Waals surface area (Å²) in [5, 5.41) is 17.4. The average molecular weight is 475 g/mol. The number of hydrogen-bond donors (Lipinski definition) is 4. The smallest absolute Gasteiger partial charge is 0.239 e. The van der Waals surface area contributed by atoms with Crippen molar-refractivity contribution in [1.82, 2.24) is 15.0 Å². The molecule has 2 heterocycles. The van der Waals surface area contributed by atoms with Crippen molar-refractivity contribution >= 4 is 50.3 Å². The summed E-state index contributed by atoms with van der Waals surface area (Å²) in [6.07, 6.45) is 0.609. The Morgan fingerprint density at radius 2 is 1.94 bits per heavy atom. The number of aliphatic hydroxyl groups is 1. The third kappa shape index (κ3) is 6.54. The number of fused-ring (bicyclic) bond motifs is 1. The molecule has 0 aliphatic rings. The lowest BCUT2D eigenvalue weighted by Gasteiger charge is -2.24. The highest BCUT2D eigenvalue weighted by atomic mass is 32.2. The van der Waals surface area contributed by atoms with Gasteiger partial charge in [-0.1, -0.05) is 67.3 Å². The van der Waals surface area contributed by atoms with E-state index in [1.165, 1.54) is 28.7 Å². The summed E-state index contributed by atoms with van der Waals surface area (Å²) in [6, 6.07) is 9.59. The molecule has 0 saturated carbocycles. The minimum Gasteiger partial charge on any atom is -0.394 e. The number of nitrogens with one attached hydrogen (secondary N) is 2. The third-order valence-electron chi connectivity index (χ3n) is 4.64. The highest BCUT2D eigenvalue weighted by Crippen LogP contribution is 2.34. The van der Waals surface area contributed by atoms with Crippen LogP contribution in [0.25, 0.3) is 10.3 Å². The SMILES string of the molecule is CC(C)C[C@H](Nc1nc2nc(SCc3ccccc3)nc(NC(C)(C)CO)c2s1)C(N)=O. The summed E-state index contributed by atoms with van der Waals surface area (Å²) in [5.74, 6) is 1.22. The summed E-state index contributed by atoms with van der Waals surface area (Å²) < 4.78 is 0.755. The molecule has 3 aromatic rings. The molecule has 8 nitrogen and oxygen atoms in total. The van der Waals surface area contributed by atoms with Gasteiger partial charge in [-0.3, -0.25) is 4.79 Å². The van der Waals surface area contributed by atoms with Crippen molar-refractivity contribution in [3.63, 3.8) is 0 Å². The molecular weight excluding hydrogens is 444 g/mol. The van der Waals surface area contributed by atoms with E-state index in [0.29, 0.717) is 34.1 Å². The Bertz CT molecular complexity index is 1060. The van der Waals surface area contributed by atoms with Crippen LogP contribution in [0.1, 0.15) is 39.7 Å². The predicted molar refractivity (Wildman–Crippen MR) is 132 cm³/mol. The van der Waals surface area contributed by atoms with E-state index < -0.39 is 17.5 Å². The molecule has 172 valence electrons. The van der Waals surface area contributed by atoms with E-state index in [1.807, 2.05) is 45.9 Å². The molecule has 32 heavy (non-hydrogen) atoms. The second-order valence-corrected chi connectivity index (χ2v) is 10.6. The van der Waals surface area contributed by atoms with E-state index >= 15 is 0 Å². The number of carbonyl (C=O) groups is 1. The number of aliphatic hydroxyl groups excluding tert-OH is 1. The summed E-state index contributed by atoms with van der Waals surface area (Å²) in [6.45, 7) is 7.80. The number of primary amides is 1. The molecule has 3 rings (SSSR count). The van der Waals surface area contributed by atoms with Gasteiger partial charge in [0.15, 0.2) is 21.8 Å². The van der Waals surface area contributed by atoms with Gasteiger partial charge in [-0.25, -0.2) is 9.97 Å². The lowest BCUT2D eigenvalue weighted by Crippen LogP contribution is -2.36. The first-order valence-corrected chi connectivity index (χ1v) is 12.3. The van der Waals surface area contributed by atoms with Crippen LogP contribution in [0.2, 0.25) is 0 Å². The van der Waals surface area contributed by atoms with Crippen molar-refractivity contribution in [2.75, 3.05) is 17.2 Å². The van der Waals surface area contributed by atoms with E-state index in [4.69, 9.17) is 10.7 Å². The minimum atomic E-state index is -0.576. The number of aromatic nitrogens is 3. The number of carbonyl (C=O) groups excluding carboxylic acids is 1. The summed E-state index contributed by atoms with van der Waals surface area (Å²) in [5.41, 5.74) is 6.71. The molecule has 1 amide bonds. The molecule has 0 unspecified atom stereocenters. The predicted octanol–water partition coefficient (Wildman–Crippen LogP) is 3.87. The van der Waals surface area contributed by atoms with Crippen molar-refractivity contribution < 1.29 is 9.90 Å². The number of nitrogens with two attached hydrogens (primary N) is 1. The number of rotatable bonds is 11. The first kappa shape index (κ1) is 24.2. The van der Waals surface area contributed by atoms with E-state index in [2.05, 4.69) is 32.7 Å². The van der Waals surface area contributed by atoms with Crippen LogP contribution in [-0.4, -0.2) is 44.2 Å². The molecule has 2 aromatic heterocycles. The second kappa shape index (κ2) is 10.5. The van der Waals surface area contributed by atoms with Crippen LogP contribution < -0.4 is 16.4 Å². The molecule has 0 spiro atoms. The Morgan fingerprint density at radius 3 is 2.56 bits per heavy atom. The van der Waals surface area contributed by atoms with Gasteiger partial charge in [-0.05, 0) is 31.7 Å². The third-order valence-corrected chi connectivity index (χ3v) is 6.55. The first-order chi connectivity index (χ1) is 15.2. The van der Waals surface area contributed by atoms with E-state index in [1.54, 1.807) is 0 Å². The number of hydrogen-bond acceptors (Lipinski definition) is 9. The van der Waals surface area contributed by atoms with Crippen LogP contribution in [0.15, 0.2) is 35.5 Å². The van der Waals surface area contributed by atoms with Gasteiger partial charge in [-0.15, -0.1) is 0 Å². The number of thioether (sulfide) groups is 1. The number of benzene rings is 1. The van der Waals surface area contributed by atoms with Crippen molar-refractivity contribution in [3.8, 4) is 0 Å². The maximum Gasteiger partial charge on any atom is 0.239 e. The van der Waals surface area contributed by atoms with Crippen LogP contribution in [0, 0.1) is 5.92 Å². The number of nitrogens with zero attached hydrogens (tertiary/aromatic N) is 3. The Kier molecular flexibility index (Phi) is 7.91. The molecule has 0 radical (unpaired) electrons. The molecule has 1 atom stereocenters. The van der Waals surface area contributed by atoms with Gasteiger partial charge in [0.25, 0.3) is 0 Å². The zero-order chi connectivity index (χ0) is 23.3. The number of anilines is 2. The van der Waals surface area contributed by atoms with E-state index in [9.17, 15) is 9.90 Å². The first-order valence-electron chi connectivity index (χ1n) is 10.5. The maximum atomic E-state index is 11.9. The quantitative estimate of drug-likeness (QED) is 0.244. The molecule has 0 aliphatic heterocycles. The van der Waals surface area contributed by atoms with Crippen molar-refractivity contribution in [2.45, 2.75) is 56.6 Å². The zero-order valence-corrected chi connectivity index (χ0v) is 20.4. The fourth-order valence-electron chi connectivity index (χ4n) is 2.96. The van der Waals surface area contributed by atoms with Gasteiger partial charge >= 0.3 is 0 Å². The van der Waals surface area contributed by atoms with Gasteiger partial charge in [0.1, 0.15) is 10.7 Å². The molecule has 5 N–H and O–H groups in total. The molecular formula is C22H30N6O2S2. The Labute approximate surface area is 196 Å². The van der Waals surface area contributed by atoms with Gasteiger partial charge < -0.3 is 21.5 Å². The monoisotopic (exact) mass is 474 g/mol. The van der Waals surface area contributed by atoms with E-state index in [0.717, 1.165) is 10.5 Å². The maximum absolute atomic E-state index is 11.9. The minimum absolute atomic E-state index is 0.0625. The van der Waals surface area contributed by atoms with Crippen molar-refractivity contribution in [1.29, 1.82) is 0 Å². The molecule has 0 aliphatic carbocycles. The zero-order valence-electron chi connectivity index (χ0n) is 18.8. The molecule has 0 saturated heterocycles. The van der Waals surface area contributed by atoms with Gasteiger partial charge in [0.2, 0.25) is 5.91 Å². The van der Waals surface area contributed by atoms with Crippen molar-refractivity contribution in [2.24, 2.45) is 11.7 Å². The molecule has 10 heteroatoms. The van der Waals surface area contributed by atoms with E-state index in [-0.39, 0.29) is 6.61 Å². The molecule has 0 bridgehead atoms.